The number of ether oxygens (including phenoxy) is 1. The van der Waals surface area contributed by atoms with Gasteiger partial charge >= 0.3 is 0 Å². The SMILES string of the molecule is COC1C[C@H]2CC[C@@H](C1)N2C(=O)CSc1ccncc1. The number of aromatic nitrogens is 1. The summed E-state index contributed by atoms with van der Waals surface area (Å²) in [5.41, 5.74) is 0. The van der Waals surface area contributed by atoms with E-state index in [1.807, 2.05) is 12.1 Å². The van der Waals surface area contributed by atoms with Gasteiger partial charge in [-0.15, -0.1) is 11.8 Å². The molecule has 1 aromatic heterocycles. The van der Waals surface area contributed by atoms with Crippen LogP contribution in [-0.4, -0.2) is 46.8 Å². The summed E-state index contributed by atoms with van der Waals surface area (Å²) in [7, 11) is 1.78. The molecule has 108 valence electrons. The van der Waals surface area contributed by atoms with Gasteiger partial charge in [0.25, 0.3) is 0 Å². The number of thioether (sulfide) groups is 1. The van der Waals surface area contributed by atoms with Gasteiger partial charge in [-0.05, 0) is 37.8 Å². The first-order valence-electron chi connectivity index (χ1n) is 7.14. The highest BCUT2D eigenvalue weighted by atomic mass is 32.2. The van der Waals surface area contributed by atoms with Crippen LogP contribution in [0.1, 0.15) is 25.7 Å². The molecule has 0 saturated carbocycles. The molecule has 20 heavy (non-hydrogen) atoms. The van der Waals surface area contributed by atoms with E-state index in [4.69, 9.17) is 4.74 Å². The van der Waals surface area contributed by atoms with Gasteiger partial charge in [0.15, 0.2) is 0 Å². The lowest BCUT2D eigenvalue weighted by molar-refractivity contribution is -0.135. The molecule has 3 rings (SSSR count). The summed E-state index contributed by atoms with van der Waals surface area (Å²) in [6.07, 6.45) is 8.13. The molecule has 1 unspecified atom stereocenters. The molecule has 2 fully saturated rings. The number of carbonyl (C=O) groups excluding carboxylic acids is 1. The molecule has 5 heteroatoms. The first-order valence-corrected chi connectivity index (χ1v) is 8.13. The summed E-state index contributed by atoms with van der Waals surface area (Å²) < 4.78 is 5.48. The molecule has 2 saturated heterocycles. The molecular formula is C15H20N2O2S. The predicted molar refractivity (Wildman–Crippen MR) is 78.6 cm³/mol. The Labute approximate surface area is 123 Å². The van der Waals surface area contributed by atoms with E-state index in [1.165, 1.54) is 0 Å². The first-order chi connectivity index (χ1) is 9.78. The maximum absolute atomic E-state index is 12.5. The first kappa shape index (κ1) is 13.9. The van der Waals surface area contributed by atoms with Gasteiger partial charge in [-0.2, -0.15) is 0 Å². The molecule has 3 atom stereocenters. The van der Waals surface area contributed by atoms with Crippen molar-refractivity contribution in [2.45, 2.75) is 48.8 Å². The molecule has 3 heterocycles. The molecular weight excluding hydrogens is 272 g/mol. The Bertz CT molecular complexity index is 454. The van der Waals surface area contributed by atoms with Crippen LogP contribution in [0.25, 0.3) is 0 Å². The predicted octanol–water partition coefficient (Wildman–Crippen LogP) is 2.34. The minimum Gasteiger partial charge on any atom is -0.381 e. The van der Waals surface area contributed by atoms with Gasteiger partial charge in [0.05, 0.1) is 11.9 Å². The third kappa shape index (κ3) is 2.83. The summed E-state index contributed by atoms with van der Waals surface area (Å²) in [6.45, 7) is 0. The number of carbonyl (C=O) groups is 1. The molecule has 0 radical (unpaired) electrons. The van der Waals surface area contributed by atoms with Crippen molar-refractivity contribution in [1.29, 1.82) is 0 Å². The van der Waals surface area contributed by atoms with Crippen molar-refractivity contribution in [2.75, 3.05) is 12.9 Å². The Hall–Kier alpha value is -1.07. The molecule has 1 amide bonds. The van der Waals surface area contributed by atoms with Gasteiger partial charge in [-0.25, -0.2) is 0 Å². The maximum Gasteiger partial charge on any atom is 0.233 e. The number of methoxy groups -OCH3 is 1. The van der Waals surface area contributed by atoms with Crippen molar-refractivity contribution >= 4 is 17.7 Å². The molecule has 2 aliphatic heterocycles. The lowest BCUT2D eigenvalue weighted by Crippen LogP contribution is -2.49. The number of piperidine rings is 1. The third-order valence-electron chi connectivity index (χ3n) is 4.32. The van der Waals surface area contributed by atoms with Crippen LogP contribution in [0.3, 0.4) is 0 Å². The number of hydrogen-bond donors (Lipinski definition) is 0. The van der Waals surface area contributed by atoms with Crippen LogP contribution in [-0.2, 0) is 9.53 Å². The maximum atomic E-state index is 12.5. The highest BCUT2D eigenvalue weighted by molar-refractivity contribution is 8.00. The molecule has 0 spiro atoms. The van der Waals surface area contributed by atoms with E-state index >= 15 is 0 Å². The summed E-state index contributed by atoms with van der Waals surface area (Å²) in [4.78, 5) is 19.7. The summed E-state index contributed by atoms with van der Waals surface area (Å²) in [5, 5.41) is 0. The Morgan fingerprint density at radius 3 is 2.60 bits per heavy atom. The second kappa shape index (κ2) is 6.14. The number of nitrogens with zero attached hydrogens (tertiary/aromatic N) is 2. The summed E-state index contributed by atoms with van der Waals surface area (Å²) in [5.74, 6) is 0.795. The monoisotopic (exact) mass is 292 g/mol. The zero-order valence-electron chi connectivity index (χ0n) is 11.7. The number of fused-ring (bicyclic) bond motifs is 2. The lowest BCUT2D eigenvalue weighted by atomic mass is 10.00. The quantitative estimate of drug-likeness (QED) is 0.799. The van der Waals surface area contributed by atoms with Gasteiger partial charge in [0.1, 0.15) is 0 Å². The third-order valence-corrected chi connectivity index (χ3v) is 5.32. The van der Waals surface area contributed by atoms with Crippen LogP contribution in [0.5, 0.6) is 0 Å². The number of rotatable bonds is 4. The van der Waals surface area contributed by atoms with Crippen molar-refractivity contribution in [3.05, 3.63) is 24.5 Å². The number of pyridine rings is 1. The average molecular weight is 292 g/mol. The lowest BCUT2D eigenvalue weighted by Gasteiger charge is -2.38. The Morgan fingerprint density at radius 1 is 1.35 bits per heavy atom. The van der Waals surface area contributed by atoms with E-state index in [1.54, 1.807) is 31.3 Å². The van der Waals surface area contributed by atoms with E-state index in [0.717, 1.165) is 30.6 Å². The fourth-order valence-electron chi connectivity index (χ4n) is 3.38. The minimum absolute atomic E-state index is 0.272. The summed E-state index contributed by atoms with van der Waals surface area (Å²) >= 11 is 1.60. The Balaban J connectivity index is 1.58. The second-order valence-electron chi connectivity index (χ2n) is 5.49. The Kier molecular flexibility index (Phi) is 4.27. The molecule has 0 N–H and O–H groups in total. The van der Waals surface area contributed by atoms with Crippen LogP contribution in [0.2, 0.25) is 0 Å². The van der Waals surface area contributed by atoms with Crippen LogP contribution in [0, 0.1) is 0 Å². The number of hydrogen-bond acceptors (Lipinski definition) is 4. The van der Waals surface area contributed by atoms with Gasteiger partial charge in [0.2, 0.25) is 5.91 Å². The average Bonchev–Trinajstić information content (AvgIpc) is 2.76. The van der Waals surface area contributed by atoms with Crippen LogP contribution >= 0.6 is 11.8 Å². The summed E-state index contributed by atoms with van der Waals surface area (Å²) in [6, 6.07) is 4.68. The molecule has 2 bridgehead atoms. The molecule has 0 aromatic carbocycles. The normalized spacial score (nSPS) is 28.6. The topological polar surface area (TPSA) is 42.4 Å². The van der Waals surface area contributed by atoms with Crippen LogP contribution in [0.15, 0.2) is 29.4 Å². The molecule has 0 aliphatic carbocycles. The molecule has 2 aliphatic rings. The van der Waals surface area contributed by atoms with Gasteiger partial charge in [0, 0.05) is 36.5 Å². The van der Waals surface area contributed by atoms with Crippen molar-refractivity contribution in [1.82, 2.24) is 9.88 Å². The largest absolute Gasteiger partial charge is 0.381 e. The second-order valence-corrected chi connectivity index (χ2v) is 6.54. The zero-order chi connectivity index (χ0) is 13.9. The van der Waals surface area contributed by atoms with Crippen molar-refractivity contribution < 1.29 is 9.53 Å². The van der Waals surface area contributed by atoms with E-state index in [0.29, 0.717) is 23.9 Å². The highest BCUT2D eigenvalue weighted by Crippen LogP contribution is 2.37. The van der Waals surface area contributed by atoms with Crippen molar-refractivity contribution in [3.8, 4) is 0 Å². The number of amides is 1. The van der Waals surface area contributed by atoms with E-state index in [2.05, 4.69) is 9.88 Å². The standard InChI is InChI=1S/C15H20N2O2S/c1-19-13-8-11-2-3-12(9-13)17(11)15(18)10-20-14-4-6-16-7-5-14/h4-7,11-13H,2-3,8-10H2,1H3/t11-,12+,13?. The molecule has 4 nitrogen and oxygen atoms in total. The minimum atomic E-state index is 0.272. The smallest absolute Gasteiger partial charge is 0.233 e. The fraction of sp³-hybridized carbons (Fsp3) is 0.600. The van der Waals surface area contributed by atoms with Crippen LogP contribution < -0.4 is 0 Å². The fourth-order valence-corrected chi connectivity index (χ4v) is 4.13. The highest BCUT2D eigenvalue weighted by Gasteiger charge is 2.42. The van der Waals surface area contributed by atoms with Crippen LogP contribution in [0.4, 0.5) is 0 Å². The zero-order valence-corrected chi connectivity index (χ0v) is 12.5. The van der Waals surface area contributed by atoms with Crippen molar-refractivity contribution in [3.63, 3.8) is 0 Å². The van der Waals surface area contributed by atoms with Gasteiger partial charge < -0.3 is 9.64 Å². The van der Waals surface area contributed by atoms with Gasteiger partial charge in [-0.3, -0.25) is 9.78 Å². The Morgan fingerprint density at radius 2 is 2.00 bits per heavy atom. The van der Waals surface area contributed by atoms with E-state index in [-0.39, 0.29) is 5.91 Å². The van der Waals surface area contributed by atoms with Crippen molar-refractivity contribution in [2.24, 2.45) is 0 Å². The molecule has 1 aromatic rings. The van der Waals surface area contributed by atoms with Gasteiger partial charge in [-0.1, -0.05) is 0 Å². The van der Waals surface area contributed by atoms with E-state index < -0.39 is 0 Å². The van der Waals surface area contributed by atoms with E-state index in [9.17, 15) is 4.79 Å².